The number of likely N-dealkylation sites (tertiary alicyclic amines) is 1. The summed E-state index contributed by atoms with van der Waals surface area (Å²) in [6.45, 7) is 1.71. The SMILES string of the molecule is CN(Cc1cccs1)C(=O)[C@H]1CC(=O)N(Cc2ccccc2)C1. The molecule has 2 heterocycles. The van der Waals surface area contributed by atoms with Gasteiger partial charge in [0.2, 0.25) is 11.8 Å². The quantitative estimate of drug-likeness (QED) is 0.847. The Balaban J connectivity index is 1.59. The summed E-state index contributed by atoms with van der Waals surface area (Å²) in [4.78, 5) is 29.4. The highest BCUT2D eigenvalue weighted by molar-refractivity contribution is 7.09. The fourth-order valence-electron chi connectivity index (χ4n) is 2.92. The number of thiophene rings is 1. The molecule has 1 aromatic heterocycles. The first-order valence-corrected chi connectivity index (χ1v) is 8.60. The molecular weight excluding hydrogens is 308 g/mol. The Labute approximate surface area is 140 Å². The van der Waals surface area contributed by atoms with E-state index in [0.29, 0.717) is 26.1 Å². The lowest BCUT2D eigenvalue weighted by Gasteiger charge is -2.21. The Bertz CT molecular complexity index is 670. The van der Waals surface area contributed by atoms with E-state index in [1.165, 1.54) is 0 Å². The summed E-state index contributed by atoms with van der Waals surface area (Å²) in [5, 5.41) is 2.01. The van der Waals surface area contributed by atoms with Gasteiger partial charge in [-0.15, -0.1) is 11.3 Å². The fourth-order valence-corrected chi connectivity index (χ4v) is 3.68. The van der Waals surface area contributed by atoms with Crippen molar-refractivity contribution in [3.63, 3.8) is 0 Å². The van der Waals surface area contributed by atoms with Crippen LogP contribution in [0.2, 0.25) is 0 Å². The normalized spacial score (nSPS) is 17.5. The highest BCUT2D eigenvalue weighted by Crippen LogP contribution is 2.23. The second-order valence-electron chi connectivity index (χ2n) is 5.93. The topological polar surface area (TPSA) is 40.6 Å². The molecule has 1 atom stereocenters. The predicted octanol–water partition coefficient (Wildman–Crippen LogP) is 2.76. The minimum Gasteiger partial charge on any atom is -0.340 e. The van der Waals surface area contributed by atoms with Crippen molar-refractivity contribution >= 4 is 23.2 Å². The molecule has 0 aliphatic carbocycles. The van der Waals surface area contributed by atoms with Gasteiger partial charge in [-0.05, 0) is 17.0 Å². The van der Waals surface area contributed by atoms with Crippen LogP contribution in [0.4, 0.5) is 0 Å². The molecule has 2 amide bonds. The molecule has 0 spiro atoms. The molecule has 1 saturated heterocycles. The molecule has 0 saturated carbocycles. The molecule has 0 N–H and O–H groups in total. The zero-order chi connectivity index (χ0) is 16.2. The minimum absolute atomic E-state index is 0.0577. The van der Waals surface area contributed by atoms with Gasteiger partial charge in [-0.1, -0.05) is 36.4 Å². The van der Waals surface area contributed by atoms with Crippen molar-refractivity contribution < 1.29 is 9.59 Å². The Kier molecular flexibility index (Phi) is 4.76. The van der Waals surface area contributed by atoms with Gasteiger partial charge < -0.3 is 9.80 Å². The van der Waals surface area contributed by atoms with Crippen molar-refractivity contribution in [2.75, 3.05) is 13.6 Å². The van der Waals surface area contributed by atoms with Gasteiger partial charge in [-0.3, -0.25) is 9.59 Å². The van der Waals surface area contributed by atoms with Crippen LogP contribution in [0.25, 0.3) is 0 Å². The molecule has 2 aromatic rings. The second-order valence-corrected chi connectivity index (χ2v) is 6.97. The van der Waals surface area contributed by atoms with E-state index in [-0.39, 0.29) is 17.7 Å². The van der Waals surface area contributed by atoms with E-state index >= 15 is 0 Å². The maximum atomic E-state index is 12.6. The van der Waals surface area contributed by atoms with Crippen LogP contribution in [0.15, 0.2) is 47.8 Å². The van der Waals surface area contributed by atoms with Gasteiger partial charge in [-0.2, -0.15) is 0 Å². The van der Waals surface area contributed by atoms with Crippen molar-refractivity contribution in [1.29, 1.82) is 0 Å². The molecule has 0 radical (unpaired) electrons. The average Bonchev–Trinajstić information content (AvgIpc) is 3.18. The molecule has 23 heavy (non-hydrogen) atoms. The van der Waals surface area contributed by atoms with Gasteiger partial charge in [0, 0.05) is 31.4 Å². The van der Waals surface area contributed by atoms with E-state index in [1.54, 1.807) is 21.1 Å². The van der Waals surface area contributed by atoms with E-state index in [4.69, 9.17) is 0 Å². The maximum Gasteiger partial charge on any atom is 0.228 e. The van der Waals surface area contributed by atoms with Gasteiger partial charge >= 0.3 is 0 Å². The first-order chi connectivity index (χ1) is 11.1. The Morgan fingerprint density at radius 2 is 2.04 bits per heavy atom. The number of carbonyl (C=O) groups is 2. The molecule has 1 aliphatic rings. The summed E-state index contributed by atoms with van der Waals surface area (Å²) < 4.78 is 0. The lowest BCUT2D eigenvalue weighted by atomic mass is 10.1. The first kappa shape index (κ1) is 15.7. The van der Waals surface area contributed by atoms with Gasteiger partial charge in [0.15, 0.2) is 0 Å². The lowest BCUT2D eigenvalue weighted by Crippen LogP contribution is -2.34. The molecule has 5 heteroatoms. The largest absolute Gasteiger partial charge is 0.340 e. The molecule has 0 bridgehead atoms. The van der Waals surface area contributed by atoms with Gasteiger partial charge in [0.25, 0.3) is 0 Å². The minimum atomic E-state index is -0.226. The fraction of sp³-hybridized carbons (Fsp3) is 0.333. The van der Waals surface area contributed by atoms with Crippen LogP contribution in [0.1, 0.15) is 16.9 Å². The summed E-state index contributed by atoms with van der Waals surface area (Å²) in [6, 6.07) is 13.9. The molecule has 3 rings (SSSR count). The maximum absolute atomic E-state index is 12.6. The number of hydrogen-bond acceptors (Lipinski definition) is 3. The van der Waals surface area contributed by atoms with Crippen molar-refractivity contribution in [3.05, 3.63) is 58.3 Å². The summed E-state index contributed by atoms with van der Waals surface area (Å²) in [5.41, 5.74) is 1.10. The monoisotopic (exact) mass is 328 g/mol. The third-order valence-corrected chi connectivity index (χ3v) is 4.99. The van der Waals surface area contributed by atoms with E-state index < -0.39 is 0 Å². The number of hydrogen-bond donors (Lipinski definition) is 0. The van der Waals surface area contributed by atoms with Crippen molar-refractivity contribution in [2.24, 2.45) is 5.92 Å². The molecule has 4 nitrogen and oxygen atoms in total. The van der Waals surface area contributed by atoms with E-state index in [9.17, 15) is 9.59 Å². The van der Waals surface area contributed by atoms with Gasteiger partial charge in [-0.25, -0.2) is 0 Å². The Hall–Kier alpha value is -2.14. The number of rotatable bonds is 5. The number of nitrogens with zero attached hydrogens (tertiary/aromatic N) is 2. The predicted molar refractivity (Wildman–Crippen MR) is 90.8 cm³/mol. The summed E-state index contributed by atoms with van der Waals surface area (Å²) in [5.74, 6) is -0.102. The van der Waals surface area contributed by atoms with E-state index in [0.717, 1.165) is 10.4 Å². The summed E-state index contributed by atoms with van der Waals surface area (Å²) >= 11 is 1.64. The smallest absolute Gasteiger partial charge is 0.228 e. The Morgan fingerprint density at radius 3 is 2.74 bits per heavy atom. The zero-order valence-corrected chi connectivity index (χ0v) is 14.0. The average molecular weight is 328 g/mol. The first-order valence-electron chi connectivity index (χ1n) is 7.72. The van der Waals surface area contributed by atoms with Crippen molar-refractivity contribution in [3.8, 4) is 0 Å². The van der Waals surface area contributed by atoms with Crippen molar-refractivity contribution in [1.82, 2.24) is 9.80 Å². The van der Waals surface area contributed by atoms with E-state index in [1.807, 2.05) is 54.9 Å². The van der Waals surface area contributed by atoms with Crippen LogP contribution in [0, 0.1) is 5.92 Å². The molecule has 120 valence electrons. The summed E-state index contributed by atoms with van der Waals surface area (Å²) in [7, 11) is 1.81. The van der Waals surface area contributed by atoms with Crippen LogP contribution >= 0.6 is 11.3 Å². The van der Waals surface area contributed by atoms with Crippen LogP contribution in [0.5, 0.6) is 0 Å². The summed E-state index contributed by atoms with van der Waals surface area (Å²) in [6.07, 6.45) is 0.320. The molecule has 0 unspecified atom stereocenters. The van der Waals surface area contributed by atoms with Crippen molar-refractivity contribution in [2.45, 2.75) is 19.5 Å². The standard InChI is InChI=1S/C18H20N2O2S/c1-19(13-16-8-5-9-23-16)18(22)15-10-17(21)20(12-15)11-14-6-3-2-4-7-14/h2-9,15H,10-13H2,1H3/t15-/m0/s1. The highest BCUT2D eigenvalue weighted by Gasteiger charge is 2.35. The van der Waals surface area contributed by atoms with Crippen LogP contribution in [-0.2, 0) is 22.7 Å². The van der Waals surface area contributed by atoms with Crippen LogP contribution in [0.3, 0.4) is 0 Å². The highest BCUT2D eigenvalue weighted by atomic mass is 32.1. The number of benzene rings is 1. The number of carbonyl (C=O) groups excluding carboxylic acids is 2. The lowest BCUT2D eigenvalue weighted by molar-refractivity contribution is -0.135. The van der Waals surface area contributed by atoms with E-state index in [2.05, 4.69) is 0 Å². The molecule has 1 aliphatic heterocycles. The van der Waals surface area contributed by atoms with Gasteiger partial charge in [0.1, 0.15) is 0 Å². The third kappa shape index (κ3) is 3.79. The molecular formula is C18H20N2O2S. The van der Waals surface area contributed by atoms with Crippen LogP contribution in [-0.4, -0.2) is 35.2 Å². The van der Waals surface area contributed by atoms with Gasteiger partial charge in [0.05, 0.1) is 12.5 Å². The number of amides is 2. The molecule has 1 aromatic carbocycles. The second kappa shape index (κ2) is 6.96. The zero-order valence-electron chi connectivity index (χ0n) is 13.1. The molecule has 1 fully saturated rings. The third-order valence-electron chi connectivity index (χ3n) is 4.13. The van der Waals surface area contributed by atoms with Crippen LogP contribution < -0.4 is 0 Å². The Morgan fingerprint density at radius 1 is 1.26 bits per heavy atom.